The molecule has 2 N–H and O–H groups in total. The van der Waals surface area contributed by atoms with Crippen molar-refractivity contribution in [2.45, 2.75) is 26.3 Å². The molecule has 0 saturated heterocycles. The molecular weight excluding hydrogens is 328 g/mol. The van der Waals surface area contributed by atoms with Gasteiger partial charge in [0, 0.05) is 11.8 Å². The molecule has 8 heteroatoms. The number of rotatable bonds is 7. The minimum absolute atomic E-state index is 0.0373. The summed E-state index contributed by atoms with van der Waals surface area (Å²) in [5.41, 5.74) is 4.46. The van der Waals surface area contributed by atoms with E-state index in [1.807, 2.05) is 38.1 Å². The first-order valence-corrected chi connectivity index (χ1v) is 8.21. The summed E-state index contributed by atoms with van der Waals surface area (Å²) in [6.45, 7) is 3.90. The molecule has 0 aliphatic carbocycles. The summed E-state index contributed by atoms with van der Waals surface area (Å²) in [7, 11) is 0. The van der Waals surface area contributed by atoms with Gasteiger partial charge in [-0.25, -0.2) is 5.43 Å². The second kappa shape index (κ2) is 8.21. The van der Waals surface area contributed by atoms with Gasteiger partial charge >= 0.3 is 5.00 Å². The van der Waals surface area contributed by atoms with E-state index in [2.05, 4.69) is 15.8 Å². The van der Waals surface area contributed by atoms with Gasteiger partial charge in [0.1, 0.15) is 6.04 Å². The van der Waals surface area contributed by atoms with Gasteiger partial charge in [0.2, 0.25) is 0 Å². The van der Waals surface area contributed by atoms with Gasteiger partial charge in [-0.05, 0) is 31.5 Å². The third-order valence-electron chi connectivity index (χ3n) is 3.28. The lowest BCUT2D eigenvalue weighted by molar-refractivity contribution is -0.380. The smallest absolute Gasteiger partial charge is 0.324 e. The molecule has 0 spiro atoms. The van der Waals surface area contributed by atoms with Crippen LogP contribution >= 0.6 is 11.3 Å². The monoisotopic (exact) mass is 346 g/mol. The molecule has 2 rings (SSSR count). The van der Waals surface area contributed by atoms with Crippen molar-refractivity contribution in [2.24, 2.45) is 5.10 Å². The van der Waals surface area contributed by atoms with Crippen LogP contribution in [-0.4, -0.2) is 23.1 Å². The van der Waals surface area contributed by atoms with Gasteiger partial charge in [0.05, 0.1) is 16.0 Å². The van der Waals surface area contributed by atoms with Crippen molar-refractivity contribution >= 4 is 34.1 Å². The minimum Gasteiger partial charge on any atom is -0.374 e. The number of anilines is 1. The molecule has 7 nitrogen and oxygen atoms in total. The number of nitrogens with one attached hydrogen (secondary N) is 2. The molecule has 0 aliphatic heterocycles. The fraction of sp³-hybridized carbons (Fsp3) is 0.250. The molecule has 0 radical (unpaired) electrons. The lowest BCUT2D eigenvalue weighted by atomic mass is 10.1. The number of hydrazone groups is 1. The van der Waals surface area contributed by atoms with Gasteiger partial charge in [-0.1, -0.05) is 36.0 Å². The summed E-state index contributed by atoms with van der Waals surface area (Å²) in [6, 6.07) is 10.3. The quantitative estimate of drug-likeness (QED) is 0.457. The van der Waals surface area contributed by atoms with Crippen molar-refractivity contribution in [1.29, 1.82) is 0 Å². The maximum Gasteiger partial charge on any atom is 0.324 e. The van der Waals surface area contributed by atoms with Gasteiger partial charge in [-0.3, -0.25) is 14.9 Å². The molecule has 1 aromatic carbocycles. The average Bonchev–Trinajstić information content (AvgIpc) is 3.03. The molecule has 1 heterocycles. The molecule has 0 saturated carbocycles. The predicted molar refractivity (Wildman–Crippen MR) is 95.6 cm³/mol. The Hall–Kier alpha value is -2.74. The van der Waals surface area contributed by atoms with Crippen molar-refractivity contribution < 1.29 is 9.72 Å². The number of carbonyl (C=O) groups is 1. The van der Waals surface area contributed by atoms with Gasteiger partial charge in [0.15, 0.2) is 0 Å². The van der Waals surface area contributed by atoms with Crippen LogP contribution in [0.2, 0.25) is 0 Å². The van der Waals surface area contributed by atoms with Gasteiger partial charge in [-0.15, -0.1) is 0 Å². The Kier molecular flexibility index (Phi) is 6.02. The molecule has 24 heavy (non-hydrogen) atoms. The van der Waals surface area contributed by atoms with Crippen LogP contribution < -0.4 is 10.7 Å². The second-order valence-corrected chi connectivity index (χ2v) is 6.23. The average molecular weight is 346 g/mol. The molecule has 0 fully saturated rings. The highest BCUT2D eigenvalue weighted by atomic mass is 32.1. The lowest BCUT2D eigenvalue weighted by Crippen LogP contribution is -2.36. The highest BCUT2D eigenvalue weighted by molar-refractivity contribution is 7.16. The maximum atomic E-state index is 12.2. The van der Waals surface area contributed by atoms with Gasteiger partial charge in [0.25, 0.3) is 5.91 Å². The number of hydrogen-bond donors (Lipinski definition) is 2. The SMILES string of the molecule is CCC(Nc1ccc(C)cc1)C(=O)N/N=C/c1ccc([N+](=O)[O-])s1. The van der Waals surface area contributed by atoms with Crippen molar-refractivity contribution in [3.8, 4) is 0 Å². The Morgan fingerprint density at radius 1 is 1.33 bits per heavy atom. The van der Waals surface area contributed by atoms with Gasteiger partial charge < -0.3 is 5.32 Å². The molecular formula is C16H18N4O3S. The first-order chi connectivity index (χ1) is 11.5. The van der Waals surface area contributed by atoms with E-state index in [0.717, 1.165) is 22.6 Å². The van der Waals surface area contributed by atoms with E-state index in [1.54, 1.807) is 6.07 Å². The summed E-state index contributed by atoms with van der Waals surface area (Å²) in [5, 5.41) is 17.7. The van der Waals surface area contributed by atoms with Crippen LogP contribution in [0.1, 0.15) is 23.8 Å². The number of aryl methyl sites for hydroxylation is 1. The van der Waals surface area contributed by atoms with Crippen LogP contribution in [0.15, 0.2) is 41.5 Å². The normalized spacial score (nSPS) is 12.1. The van der Waals surface area contributed by atoms with Crippen molar-refractivity contribution in [2.75, 3.05) is 5.32 Å². The maximum absolute atomic E-state index is 12.2. The van der Waals surface area contributed by atoms with E-state index in [9.17, 15) is 14.9 Å². The molecule has 2 aromatic rings. The first-order valence-electron chi connectivity index (χ1n) is 7.40. The summed E-state index contributed by atoms with van der Waals surface area (Å²) in [4.78, 5) is 22.9. The van der Waals surface area contributed by atoms with Crippen LogP contribution in [0, 0.1) is 17.0 Å². The molecule has 126 valence electrons. The van der Waals surface area contributed by atoms with Crippen LogP contribution in [0.25, 0.3) is 0 Å². The van der Waals surface area contributed by atoms with E-state index in [0.29, 0.717) is 11.3 Å². The molecule has 1 atom stereocenters. The van der Waals surface area contributed by atoms with Crippen LogP contribution in [-0.2, 0) is 4.79 Å². The predicted octanol–water partition coefficient (Wildman–Crippen LogP) is 3.31. The van der Waals surface area contributed by atoms with E-state index in [-0.39, 0.29) is 10.9 Å². The van der Waals surface area contributed by atoms with E-state index in [4.69, 9.17) is 0 Å². The Bertz CT molecular complexity index is 740. The van der Waals surface area contributed by atoms with Crippen LogP contribution in [0.4, 0.5) is 10.7 Å². The van der Waals surface area contributed by atoms with Gasteiger partial charge in [-0.2, -0.15) is 5.10 Å². The summed E-state index contributed by atoms with van der Waals surface area (Å²) >= 11 is 0.995. The summed E-state index contributed by atoms with van der Waals surface area (Å²) < 4.78 is 0. The van der Waals surface area contributed by atoms with Crippen molar-refractivity contribution in [1.82, 2.24) is 5.43 Å². The Morgan fingerprint density at radius 2 is 2.04 bits per heavy atom. The zero-order chi connectivity index (χ0) is 17.5. The largest absolute Gasteiger partial charge is 0.374 e. The van der Waals surface area contributed by atoms with E-state index >= 15 is 0 Å². The first kappa shape index (κ1) is 17.6. The Morgan fingerprint density at radius 3 is 2.62 bits per heavy atom. The standard InChI is InChI=1S/C16H18N4O3S/c1-3-14(18-12-6-4-11(2)5-7-12)16(21)19-17-10-13-8-9-15(24-13)20(22)23/h4-10,14,18H,3H2,1-2H3,(H,19,21)/b17-10+. The molecule has 0 aliphatic rings. The van der Waals surface area contributed by atoms with E-state index < -0.39 is 11.0 Å². The highest BCUT2D eigenvalue weighted by Crippen LogP contribution is 2.22. The van der Waals surface area contributed by atoms with E-state index in [1.165, 1.54) is 12.3 Å². The topological polar surface area (TPSA) is 96.6 Å². The van der Waals surface area contributed by atoms with Crippen LogP contribution in [0.5, 0.6) is 0 Å². The second-order valence-electron chi connectivity index (χ2n) is 5.14. The molecule has 1 aromatic heterocycles. The number of thiophene rings is 1. The fourth-order valence-electron chi connectivity index (χ4n) is 1.95. The zero-order valence-corrected chi connectivity index (χ0v) is 14.2. The third-order valence-corrected chi connectivity index (χ3v) is 4.25. The number of nitro groups is 1. The van der Waals surface area contributed by atoms with Crippen molar-refractivity contribution in [3.05, 3.63) is 57.0 Å². The van der Waals surface area contributed by atoms with Crippen molar-refractivity contribution in [3.63, 3.8) is 0 Å². The Balaban J connectivity index is 1.92. The number of benzene rings is 1. The third kappa shape index (κ3) is 4.88. The number of amides is 1. The molecule has 1 unspecified atom stereocenters. The molecule has 1 amide bonds. The zero-order valence-electron chi connectivity index (χ0n) is 13.4. The highest BCUT2D eigenvalue weighted by Gasteiger charge is 2.15. The minimum atomic E-state index is -0.459. The summed E-state index contributed by atoms with van der Waals surface area (Å²) in [5.74, 6) is -0.264. The van der Waals surface area contributed by atoms with Crippen LogP contribution in [0.3, 0.4) is 0 Å². The number of nitrogens with zero attached hydrogens (tertiary/aromatic N) is 2. The lowest BCUT2D eigenvalue weighted by Gasteiger charge is -2.16. The number of hydrogen-bond acceptors (Lipinski definition) is 6. The summed E-state index contributed by atoms with van der Waals surface area (Å²) in [6.07, 6.45) is 1.99. The Labute approximate surface area is 143 Å². The molecule has 0 bridgehead atoms. The fourth-order valence-corrected chi connectivity index (χ4v) is 2.64. The number of carbonyl (C=O) groups excluding carboxylic acids is 1.